The Balaban J connectivity index is 0.000000304. The van der Waals surface area contributed by atoms with E-state index in [1.165, 1.54) is 7.11 Å². The molecule has 0 aliphatic heterocycles. The van der Waals surface area contributed by atoms with Gasteiger partial charge in [0.1, 0.15) is 6.04 Å². The zero-order valence-corrected chi connectivity index (χ0v) is 11.7. The maximum Gasteiger partial charge on any atom is 0.328 e. The summed E-state index contributed by atoms with van der Waals surface area (Å²) in [5.74, 6) is -0.439. The van der Waals surface area contributed by atoms with Crippen LogP contribution < -0.4 is 5.32 Å². The Morgan fingerprint density at radius 3 is 2.19 bits per heavy atom. The summed E-state index contributed by atoms with van der Waals surface area (Å²) in [4.78, 5) is 29.0. The maximum absolute atomic E-state index is 11.3. The number of amides is 1. The third-order valence-corrected chi connectivity index (χ3v) is 2.52. The topological polar surface area (TPSA) is 81.2 Å². The first-order valence-corrected chi connectivity index (χ1v) is 6.29. The number of benzene rings is 1. The molecule has 1 aromatic heterocycles. The highest BCUT2D eigenvalue weighted by Gasteiger charge is 2.18. The van der Waals surface area contributed by atoms with Crippen LogP contribution in [0.3, 0.4) is 0 Å². The van der Waals surface area contributed by atoms with E-state index >= 15 is 0 Å². The van der Waals surface area contributed by atoms with E-state index in [1.54, 1.807) is 24.8 Å². The zero-order chi connectivity index (χ0) is 15.3. The summed E-state index contributed by atoms with van der Waals surface area (Å²) in [7, 11) is 1.30. The van der Waals surface area contributed by atoms with Crippen molar-refractivity contribution in [2.45, 2.75) is 12.5 Å². The van der Waals surface area contributed by atoms with Crippen molar-refractivity contribution in [2.75, 3.05) is 7.11 Å². The molecule has 2 aromatic rings. The Hall–Kier alpha value is -2.76. The Bertz CT molecular complexity index is 493. The lowest BCUT2D eigenvalue weighted by Gasteiger charge is -2.13. The standard InChI is InChI=1S/C11H13NO3.C4H4N2/c1-15-11(14)10(12-8-13)7-9-5-3-2-4-6-9;1-2-6-4-3-5-1/h2-6,8,10H,7H2,1H3,(H,12,13);1-4H. The average molecular weight is 287 g/mol. The van der Waals surface area contributed by atoms with Crippen LogP contribution in [0.1, 0.15) is 5.56 Å². The van der Waals surface area contributed by atoms with Gasteiger partial charge in [0.25, 0.3) is 0 Å². The van der Waals surface area contributed by atoms with Crippen molar-refractivity contribution in [2.24, 2.45) is 0 Å². The number of esters is 1. The average Bonchev–Trinajstić information content (AvgIpc) is 2.57. The van der Waals surface area contributed by atoms with Crippen LogP contribution in [0, 0.1) is 0 Å². The normalized spacial score (nSPS) is 10.5. The molecule has 1 heterocycles. The van der Waals surface area contributed by atoms with E-state index in [9.17, 15) is 9.59 Å². The minimum Gasteiger partial charge on any atom is -0.467 e. The number of carbonyl (C=O) groups excluding carboxylic acids is 2. The summed E-state index contributed by atoms with van der Waals surface area (Å²) in [5.41, 5.74) is 0.974. The summed E-state index contributed by atoms with van der Waals surface area (Å²) in [5, 5.41) is 2.43. The van der Waals surface area contributed by atoms with E-state index in [0.29, 0.717) is 12.8 Å². The lowest BCUT2D eigenvalue weighted by Crippen LogP contribution is -2.38. The first kappa shape index (κ1) is 16.3. The molecule has 21 heavy (non-hydrogen) atoms. The second-order valence-corrected chi connectivity index (χ2v) is 3.94. The van der Waals surface area contributed by atoms with Crippen molar-refractivity contribution in [1.82, 2.24) is 15.3 Å². The molecule has 0 bridgehead atoms. The number of nitrogens with zero attached hydrogens (tertiary/aromatic N) is 2. The minimum atomic E-state index is -0.616. The van der Waals surface area contributed by atoms with Gasteiger partial charge in [0.05, 0.1) is 7.11 Å². The lowest BCUT2D eigenvalue weighted by atomic mass is 10.1. The Labute approximate surface area is 123 Å². The third-order valence-electron chi connectivity index (χ3n) is 2.52. The number of hydrogen-bond acceptors (Lipinski definition) is 5. The van der Waals surface area contributed by atoms with Gasteiger partial charge < -0.3 is 10.1 Å². The second-order valence-electron chi connectivity index (χ2n) is 3.94. The number of nitrogens with one attached hydrogen (secondary N) is 1. The molecule has 1 unspecified atom stereocenters. The first-order chi connectivity index (χ1) is 10.3. The van der Waals surface area contributed by atoms with Gasteiger partial charge in [-0.2, -0.15) is 0 Å². The molecule has 0 saturated carbocycles. The van der Waals surface area contributed by atoms with Crippen molar-refractivity contribution in [1.29, 1.82) is 0 Å². The van der Waals surface area contributed by atoms with Gasteiger partial charge in [-0.25, -0.2) is 4.79 Å². The highest BCUT2D eigenvalue weighted by molar-refractivity contribution is 5.78. The van der Waals surface area contributed by atoms with E-state index in [1.807, 2.05) is 30.3 Å². The van der Waals surface area contributed by atoms with Gasteiger partial charge in [-0.1, -0.05) is 30.3 Å². The van der Waals surface area contributed by atoms with Gasteiger partial charge >= 0.3 is 5.97 Å². The van der Waals surface area contributed by atoms with Crippen molar-refractivity contribution < 1.29 is 14.3 Å². The van der Waals surface area contributed by atoms with Gasteiger partial charge in [-0.15, -0.1) is 0 Å². The lowest BCUT2D eigenvalue weighted by molar-refractivity contribution is -0.144. The summed E-state index contributed by atoms with van der Waals surface area (Å²) in [6.07, 6.45) is 7.50. The number of hydrogen-bond donors (Lipinski definition) is 1. The first-order valence-electron chi connectivity index (χ1n) is 6.29. The molecule has 2 rings (SSSR count). The molecule has 1 aromatic carbocycles. The van der Waals surface area contributed by atoms with E-state index < -0.39 is 12.0 Å². The number of rotatable bonds is 5. The fourth-order valence-corrected chi connectivity index (χ4v) is 1.54. The van der Waals surface area contributed by atoms with Crippen LogP contribution in [0.5, 0.6) is 0 Å². The molecule has 6 nitrogen and oxygen atoms in total. The van der Waals surface area contributed by atoms with E-state index in [-0.39, 0.29) is 0 Å². The monoisotopic (exact) mass is 287 g/mol. The molecule has 6 heteroatoms. The van der Waals surface area contributed by atoms with Crippen molar-refractivity contribution in [3.8, 4) is 0 Å². The molecule has 0 spiro atoms. The Morgan fingerprint density at radius 1 is 1.19 bits per heavy atom. The fraction of sp³-hybridized carbons (Fsp3) is 0.200. The predicted molar refractivity (Wildman–Crippen MR) is 77.2 cm³/mol. The van der Waals surface area contributed by atoms with E-state index in [4.69, 9.17) is 0 Å². The summed E-state index contributed by atoms with van der Waals surface area (Å²) < 4.78 is 4.58. The number of aromatic nitrogens is 2. The number of carbonyl (C=O) groups is 2. The highest BCUT2D eigenvalue weighted by atomic mass is 16.5. The minimum absolute atomic E-state index is 0.437. The van der Waals surface area contributed by atoms with Gasteiger partial charge in [0.2, 0.25) is 6.41 Å². The number of ether oxygens (including phenoxy) is 1. The predicted octanol–water partition coefficient (Wildman–Crippen LogP) is 0.993. The SMILES string of the molecule is COC(=O)C(Cc1ccccc1)NC=O.c1cnccn1. The molecule has 0 aliphatic rings. The fourth-order valence-electron chi connectivity index (χ4n) is 1.54. The molecular formula is C15H17N3O3. The number of methoxy groups -OCH3 is 1. The van der Waals surface area contributed by atoms with E-state index in [0.717, 1.165) is 5.56 Å². The summed E-state index contributed by atoms with van der Waals surface area (Å²) >= 11 is 0. The Kier molecular flexibility index (Phi) is 7.82. The van der Waals surface area contributed by atoms with Crippen LogP contribution in [0.15, 0.2) is 55.1 Å². The largest absolute Gasteiger partial charge is 0.467 e. The second kappa shape index (κ2) is 10.1. The van der Waals surface area contributed by atoms with Crippen LogP contribution in [-0.4, -0.2) is 35.5 Å². The molecule has 0 saturated heterocycles. The molecule has 110 valence electrons. The van der Waals surface area contributed by atoms with Gasteiger partial charge in [0, 0.05) is 31.2 Å². The molecule has 0 fully saturated rings. The van der Waals surface area contributed by atoms with Crippen LogP contribution >= 0.6 is 0 Å². The van der Waals surface area contributed by atoms with Crippen molar-refractivity contribution in [3.63, 3.8) is 0 Å². The van der Waals surface area contributed by atoms with Crippen molar-refractivity contribution >= 4 is 12.4 Å². The molecule has 1 amide bonds. The van der Waals surface area contributed by atoms with Crippen LogP contribution in [0.2, 0.25) is 0 Å². The van der Waals surface area contributed by atoms with Gasteiger partial charge in [0.15, 0.2) is 0 Å². The summed E-state index contributed by atoms with van der Waals surface area (Å²) in [6.45, 7) is 0. The zero-order valence-electron chi connectivity index (χ0n) is 11.7. The quantitative estimate of drug-likeness (QED) is 0.655. The molecule has 1 N–H and O–H groups in total. The Morgan fingerprint density at radius 2 is 1.76 bits per heavy atom. The molecule has 0 radical (unpaired) electrons. The van der Waals surface area contributed by atoms with Gasteiger partial charge in [-0.05, 0) is 5.56 Å². The van der Waals surface area contributed by atoms with Crippen LogP contribution in [0.4, 0.5) is 0 Å². The smallest absolute Gasteiger partial charge is 0.328 e. The third kappa shape index (κ3) is 6.81. The van der Waals surface area contributed by atoms with Crippen LogP contribution in [-0.2, 0) is 20.7 Å². The highest BCUT2D eigenvalue weighted by Crippen LogP contribution is 2.03. The molecule has 1 atom stereocenters. The van der Waals surface area contributed by atoms with Crippen LogP contribution in [0.25, 0.3) is 0 Å². The van der Waals surface area contributed by atoms with Gasteiger partial charge in [-0.3, -0.25) is 14.8 Å². The van der Waals surface area contributed by atoms with E-state index in [2.05, 4.69) is 20.0 Å². The summed E-state index contributed by atoms with van der Waals surface area (Å²) in [6, 6.07) is 8.82. The molecule has 0 aliphatic carbocycles. The molecular weight excluding hydrogens is 270 g/mol. The van der Waals surface area contributed by atoms with Crippen molar-refractivity contribution in [3.05, 3.63) is 60.7 Å². The maximum atomic E-state index is 11.3.